The molecule has 0 atom stereocenters. The van der Waals surface area contributed by atoms with Crippen molar-refractivity contribution in [1.82, 2.24) is 14.8 Å². The zero-order valence-electron chi connectivity index (χ0n) is 16.3. The largest absolute Gasteiger partial charge is 0.349 e. The molecule has 3 amide bonds. The van der Waals surface area contributed by atoms with Gasteiger partial charge in [-0.05, 0) is 35.9 Å². The van der Waals surface area contributed by atoms with E-state index in [-0.39, 0.29) is 17.7 Å². The second-order valence-corrected chi connectivity index (χ2v) is 7.51. The van der Waals surface area contributed by atoms with E-state index in [1.807, 2.05) is 41.0 Å². The maximum atomic E-state index is 13.0. The molecule has 0 saturated heterocycles. The van der Waals surface area contributed by atoms with Gasteiger partial charge in [0.05, 0.1) is 0 Å². The molecule has 1 aromatic heterocycles. The van der Waals surface area contributed by atoms with E-state index in [9.17, 15) is 14.4 Å². The van der Waals surface area contributed by atoms with Gasteiger partial charge in [-0.15, -0.1) is 0 Å². The lowest BCUT2D eigenvalue weighted by Gasteiger charge is -2.16. The fourth-order valence-electron chi connectivity index (χ4n) is 4.21. The molecule has 0 unspecified atom stereocenters. The lowest BCUT2D eigenvalue weighted by atomic mass is 10.1. The third kappa shape index (κ3) is 2.86. The Balaban J connectivity index is 1.44. The summed E-state index contributed by atoms with van der Waals surface area (Å²) in [6.45, 7) is 5.74. The van der Waals surface area contributed by atoms with Crippen molar-refractivity contribution in [3.05, 3.63) is 77.5 Å². The molecule has 3 heterocycles. The molecule has 150 valence electrons. The van der Waals surface area contributed by atoms with Crippen molar-refractivity contribution in [2.24, 2.45) is 0 Å². The van der Waals surface area contributed by atoms with Crippen LogP contribution in [0.4, 0.5) is 5.69 Å². The van der Waals surface area contributed by atoms with Crippen LogP contribution in [-0.2, 0) is 24.4 Å². The van der Waals surface area contributed by atoms with Crippen LogP contribution in [0.5, 0.6) is 0 Å². The summed E-state index contributed by atoms with van der Waals surface area (Å²) in [5.74, 6) is -0.451. The summed E-state index contributed by atoms with van der Waals surface area (Å²) in [4.78, 5) is 38.7. The van der Waals surface area contributed by atoms with E-state index in [0.29, 0.717) is 43.1 Å². The monoisotopic (exact) mass is 400 g/mol. The smallest absolute Gasteiger partial charge is 0.268 e. The molecule has 0 saturated carbocycles. The number of carbonyl (C=O) groups excluding carboxylic acids is 3. The highest BCUT2D eigenvalue weighted by Crippen LogP contribution is 2.30. The molecule has 3 aromatic rings. The van der Waals surface area contributed by atoms with Crippen LogP contribution in [0.3, 0.4) is 0 Å². The molecule has 0 bridgehead atoms. The highest BCUT2D eigenvalue weighted by Gasteiger charge is 2.25. The number of anilines is 1. The molecule has 2 aliphatic heterocycles. The molecule has 2 aromatic carbocycles. The average molecular weight is 400 g/mol. The molecule has 0 fully saturated rings. The van der Waals surface area contributed by atoms with Gasteiger partial charge in [0.25, 0.3) is 11.8 Å². The number of fused-ring (bicyclic) bond motifs is 4. The first-order valence-corrected chi connectivity index (χ1v) is 9.80. The predicted octanol–water partition coefficient (Wildman–Crippen LogP) is 2.67. The number of hydrogen-bond acceptors (Lipinski definition) is 3. The van der Waals surface area contributed by atoms with E-state index in [1.54, 1.807) is 11.0 Å². The van der Waals surface area contributed by atoms with Crippen LogP contribution in [-0.4, -0.2) is 33.7 Å². The van der Waals surface area contributed by atoms with Gasteiger partial charge >= 0.3 is 0 Å². The Morgan fingerprint density at radius 1 is 1.13 bits per heavy atom. The van der Waals surface area contributed by atoms with E-state index in [2.05, 4.69) is 17.2 Å². The zero-order chi connectivity index (χ0) is 20.8. The molecule has 7 heteroatoms. The van der Waals surface area contributed by atoms with Gasteiger partial charge in [-0.1, -0.05) is 24.8 Å². The minimum Gasteiger partial charge on any atom is -0.349 e. The van der Waals surface area contributed by atoms with Crippen molar-refractivity contribution >= 4 is 34.3 Å². The number of benzene rings is 2. The quantitative estimate of drug-likeness (QED) is 0.663. The Bertz CT molecular complexity index is 1240. The highest BCUT2D eigenvalue weighted by atomic mass is 16.2. The fourth-order valence-corrected chi connectivity index (χ4v) is 4.21. The summed E-state index contributed by atoms with van der Waals surface area (Å²) in [6, 6.07) is 13.0. The van der Waals surface area contributed by atoms with Crippen molar-refractivity contribution in [3.8, 4) is 0 Å². The molecule has 5 rings (SSSR count). The van der Waals surface area contributed by atoms with E-state index < -0.39 is 0 Å². The number of carbonyl (C=O) groups is 3. The number of nitrogens with zero attached hydrogens (tertiary/aromatic N) is 2. The van der Waals surface area contributed by atoms with Gasteiger partial charge in [0.2, 0.25) is 5.91 Å². The maximum absolute atomic E-state index is 13.0. The first kappa shape index (κ1) is 18.2. The number of aromatic nitrogens is 1. The van der Waals surface area contributed by atoms with Crippen molar-refractivity contribution in [2.45, 2.75) is 19.6 Å². The number of hydrogen-bond donors (Lipinski definition) is 2. The van der Waals surface area contributed by atoms with E-state index in [4.69, 9.17) is 0 Å². The molecule has 7 nitrogen and oxygen atoms in total. The third-order valence-corrected chi connectivity index (χ3v) is 5.74. The van der Waals surface area contributed by atoms with Gasteiger partial charge in [0.1, 0.15) is 5.69 Å². The normalized spacial score (nSPS) is 14.8. The number of amides is 3. The Morgan fingerprint density at radius 3 is 2.83 bits per heavy atom. The summed E-state index contributed by atoms with van der Waals surface area (Å²) < 4.78 is 1.95. The van der Waals surface area contributed by atoms with E-state index >= 15 is 0 Å². The molecule has 0 spiro atoms. The first-order chi connectivity index (χ1) is 14.5. The predicted molar refractivity (Wildman–Crippen MR) is 113 cm³/mol. The summed E-state index contributed by atoms with van der Waals surface area (Å²) >= 11 is 0. The van der Waals surface area contributed by atoms with Crippen molar-refractivity contribution < 1.29 is 14.4 Å². The number of rotatable bonds is 3. The molecule has 2 aliphatic rings. The summed E-state index contributed by atoms with van der Waals surface area (Å²) in [5.41, 5.74) is 4.66. The minimum atomic E-state index is -0.227. The van der Waals surface area contributed by atoms with Crippen molar-refractivity contribution in [2.75, 3.05) is 11.9 Å². The van der Waals surface area contributed by atoms with Crippen molar-refractivity contribution in [3.63, 3.8) is 0 Å². The standard InChI is InChI=1S/C23H20N4O3/c1-2-21(28)26-12-16-4-3-5-18(17(16)13-26)25-22(29)15-7-6-14-10-20-23(30)24-8-9-27(20)19(14)11-15/h2-7,10-11H,1,8-9,12-13H2,(H,24,30)(H,25,29). The molecular formula is C23H20N4O3. The van der Waals surface area contributed by atoms with Gasteiger partial charge in [0, 0.05) is 53.9 Å². The van der Waals surface area contributed by atoms with Crippen LogP contribution in [0.15, 0.2) is 55.1 Å². The highest BCUT2D eigenvalue weighted by molar-refractivity contribution is 6.07. The van der Waals surface area contributed by atoms with Crippen LogP contribution >= 0.6 is 0 Å². The van der Waals surface area contributed by atoms with Crippen LogP contribution in [0.25, 0.3) is 10.9 Å². The van der Waals surface area contributed by atoms with Crippen LogP contribution in [0.2, 0.25) is 0 Å². The Kier molecular flexibility index (Phi) is 4.17. The third-order valence-electron chi connectivity index (χ3n) is 5.74. The van der Waals surface area contributed by atoms with Gasteiger partial charge in [0.15, 0.2) is 0 Å². The Hall–Kier alpha value is -3.87. The zero-order valence-corrected chi connectivity index (χ0v) is 16.3. The maximum Gasteiger partial charge on any atom is 0.268 e. The molecule has 0 radical (unpaired) electrons. The minimum absolute atomic E-state index is 0.0954. The van der Waals surface area contributed by atoms with Gasteiger partial charge in [-0.2, -0.15) is 0 Å². The fraction of sp³-hybridized carbons (Fsp3) is 0.174. The molecular weight excluding hydrogens is 380 g/mol. The Morgan fingerprint density at radius 2 is 2.00 bits per heavy atom. The second-order valence-electron chi connectivity index (χ2n) is 7.51. The molecule has 2 N–H and O–H groups in total. The summed E-state index contributed by atoms with van der Waals surface area (Å²) in [6.07, 6.45) is 1.30. The first-order valence-electron chi connectivity index (χ1n) is 9.80. The van der Waals surface area contributed by atoms with E-state index in [1.165, 1.54) is 6.08 Å². The van der Waals surface area contributed by atoms with Crippen LogP contribution in [0.1, 0.15) is 32.0 Å². The number of nitrogens with one attached hydrogen (secondary N) is 2. The topological polar surface area (TPSA) is 83.4 Å². The lowest BCUT2D eigenvalue weighted by Crippen LogP contribution is -2.34. The SMILES string of the molecule is C=CC(=O)N1Cc2cccc(NC(=O)c3ccc4cc5n(c4c3)CCNC5=O)c2C1. The van der Waals surface area contributed by atoms with Gasteiger partial charge in [-0.3, -0.25) is 14.4 Å². The van der Waals surface area contributed by atoms with Gasteiger partial charge in [-0.25, -0.2) is 0 Å². The van der Waals surface area contributed by atoms with E-state index in [0.717, 1.165) is 22.0 Å². The molecule has 30 heavy (non-hydrogen) atoms. The molecule has 0 aliphatic carbocycles. The second kappa shape index (κ2) is 6.88. The van der Waals surface area contributed by atoms with Crippen molar-refractivity contribution in [1.29, 1.82) is 0 Å². The Labute approximate surface area is 173 Å². The lowest BCUT2D eigenvalue weighted by molar-refractivity contribution is -0.126. The average Bonchev–Trinajstić information content (AvgIpc) is 3.36. The van der Waals surface area contributed by atoms with Crippen LogP contribution < -0.4 is 10.6 Å². The summed E-state index contributed by atoms with van der Waals surface area (Å²) in [5, 5.41) is 6.75. The van der Waals surface area contributed by atoms with Crippen LogP contribution in [0, 0.1) is 0 Å². The van der Waals surface area contributed by atoms with Gasteiger partial charge < -0.3 is 20.1 Å². The summed E-state index contributed by atoms with van der Waals surface area (Å²) in [7, 11) is 0.